The topological polar surface area (TPSA) is 49.6 Å². The van der Waals surface area contributed by atoms with Crippen LogP contribution in [0.15, 0.2) is 24.3 Å². The van der Waals surface area contributed by atoms with E-state index >= 15 is 0 Å². The molecule has 5 heteroatoms. The van der Waals surface area contributed by atoms with Crippen LogP contribution < -0.4 is 0 Å². The van der Waals surface area contributed by atoms with E-state index in [9.17, 15) is 10.1 Å². The van der Waals surface area contributed by atoms with Gasteiger partial charge in [-0.15, -0.1) is 0 Å². The Labute approximate surface area is 144 Å². The minimum atomic E-state index is -0.305. The average molecular weight is 331 g/mol. The van der Waals surface area contributed by atoms with Gasteiger partial charge >= 0.3 is 0 Å². The van der Waals surface area contributed by atoms with E-state index in [1.54, 1.807) is 18.2 Å². The molecule has 24 heavy (non-hydrogen) atoms. The molecule has 0 N–H and O–H groups in total. The first-order chi connectivity index (χ1) is 11.6. The van der Waals surface area contributed by atoms with Gasteiger partial charge in [-0.3, -0.25) is 15.0 Å². The van der Waals surface area contributed by atoms with Crippen molar-refractivity contribution in [2.75, 3.05) is 26.2 Å². The van der Waals surface area contributed by atoms with Crippen LogP contribution in [0.2, 0.25) is 0 Å². The third-order valence-corrected chi connectivity index (χ3v) is 5.56. The van der Waals surface area contributed by atoms with E-state index < -0.39 is 0 Å². The van der Waals surface area contributed by atoms with E-state index in [0.717, 1.165) is 37.2 Å². The lowest BCUT2D eigenvalue weighted by Gasteiger charge is -2.39. The molecule has 0 saturated carbocycles. The van der Waals surface area contributed by atoms with Crippen LogP contribution in [0.3, 0.4) is 0 Å². The van der Waals surface area contributed by atoms with E-state index in [4.69, 9.17) is 0 Å². The van der Waals surface area contributed by atoms with Gasteiger partial charge in [0.2, 0.25) is 0 Å². The number of non-ortho nitro benzene ring substituents is 1. The van der Waals surface area contributed by atoms with Crippen LogP contribution in [0.5, 0.6) is 0 Å². The van der Waals surface area contributed by atoms with Crippen molar-refractivity contribution in [1.29, 1.82) is 0 Å². The van der Waals surface area contributed by atoms with Crippen LogP contribution in [-0.4, -0.2) is 46.9 Å². The third-order valence-electron chi connectivity index (χ3n) is 5.56. The lowest BCUT2D eigenvalue weighted by molar-refractivity contribution is -0.384. The van der Waals surface area contributed by atoms with Crippen LogP contribution in [0.1, 0.15) is 44.6 Å². The van der Waals surface area contributed by atoms with Crippen LogP contribution in [0, 0.1) is 16.0 Å². The Morgan fingerprint density at radius 2 is 2.08 bits per heavy atom. The maximum absolute atomic E-state index is 10.9. The molecule has 1 aromatic carbocycles. The van der Waals surface area contributed by atoms with E-state index in [2.05, 4.69) is 16.7 Å². The number of nitro benzene ring substituents is 1. The molecule has 0 aromatic heterocycles. The van der Waals surface area contributed by atoms with Gasteiger partial charge in [-0.05, 0) is 57.2 Å². The van der Waals surface area contributed by atoms with Crippen molar-refractivity contribution >= 4 is 5.69 Å². The second-order valence-electron chi connectivity index (χ2n) is 7.51. The zero-order valence-corrected chi connectivity index (χ0v) is 14.7. The summed E-state index contributed by atoms with van der Waals surface area (Å²) in [5.41, 5.74) is 1.25. The van der Waals surface area contributed by atoms with Gasteiger partial charge in [0.15, 0.2) is 0 Å². The minimum Gasteiger partial charge on any atom is -0.300 e. The smallest absolute Gasteiger partial charge is 0.269 e. The molecule has 0 radical (unpaired) electrons. The quantitative estimate of drug-likeness (QED) is 0.610. The van der Waals surface area contributed by atoms with Crippen molar-refractivity contribution in [1.82, 2.24) is 9.80 Å². The van der Waals surface area contributed by atoms with Crippen molar-refractivity contribution < 1.29 is 4.92 Å². The fourth-order valence-corrected chi connectivity index (χ4v) is 4.23. The van der Waals surface area contributed by atoms with Gasteiger partial charge in [-0.25, -0.2) is 0 Å². The number of hydrogen-bond donors (Lipinski definition) is 0. The van der Waals surface area contributed by atoms with Crippen LogP contribution >= 0.6 is 0 Å². The molecule has 3 rings (SSSR count). The number of piperidine rings is 2. The van der Waals surface area contributed by atoms with Gasteiger partial charge in [0.05, 0.1) is 4.92 Å². The Bertz CT molecular complexity index is 563. The molecule has 2 aliphatic heterocycles. The number of benzene rings is 1. The zero-order valence-electron chi connectivity index (χ0n) is 14.7. The molecule has 132 valence electrons. The lowest BCUT2D eigenvalue weighted by atomic mass is 9.94. The first-order valence-corrected chi connectivity index (χ1v) is 9.31. The molecular formula is C19H29N3O2. The van der Waals surface area contributed by atoms with E-state index in [-0.39, 0.29) is 10.6 Å². The summed E-state index contributed by atoms with van der Waals surface area (Å²) in [6.45, 7) is 7.88. The molecular weight excluding hydrogens is 302 g/mol. The summed E-state index contributed by atoms with van der Waals surface area (Å²) in [5, 5.41) is 10.9. The molecule has 2 heterocycles. The molecule has 1 aromatic rings. The highest BCUT2D eigenvalue weighted by molar-refractivity contribution is 5.34. The first kappa shape index (κ1) is 17.4. The highest BCUT2D eigenvalue weighted by Crippen LogP contribution is 2.24. The average Bonchev–Trinajstić information content (AvgIpc) is 2.57. The van der Waals surface area contributed by atoms with Gasteiger partial charge in [0.1, 0.15) is 0 Å². The predicted octanol–water partition coefficient (Wildman–Crippen LogP) is 3.68. The van der Waals surface area contributed by atoms with Crippen molar-refractivity contribution in [2.45, 2.75) is 51.6 Å². The largest absolute Gasteiger partial charge is 0.300 e. The standard InChI is InChI=1S/C19H29N3O2/c1-16-6-2-3-11-21(16)15-18-8-5-10-20(14-18)13-17-7-4-9-19(12-17)22(23)24/h4,7,9,12,16,18H,2-3,5-6,8,10-11,13-15H2,1H3. The molecule has 0 spiro atoms. The predicted molar refractivity (Wildman–Crippen MR) is 96.0 cm³/mol. The first-order valence-electron chi connectivity index (χ1n) is 9.31. The summed E-state index contributed by atoms with van der Waals surface area (Å²) in [5.74, 6) is 0.734. The molecule has 2 saturated heterocycles. The van der Waals surface area contributed by atoms with Gasteiger partial charge < -0.3 is 4.90 Å². The monoisotopic (exact) mass is 331 g/mol. The molecule has 2 atom stereocenters. The normalized spacial score (nSPS) is 26.4. The summed E-state index contributed by atoms with van der Waals surface area (Å²) >= 11 is 0. The Balaban J connectivity index is 1.55. The Kier molecular flexibility index (Phi) is 5.85. The molecule has 5 nitrogen and oxygen atoms in total. The number of nitro groups is 1. The molecule has 2 fully saturated rings. The van der Waals surface area contributed by atoms with Gasteiger partial charge in [-0.2, -0.15) is 0 Å². The van der Waals surface area contributed by atoms with Crippen molar-refractivity contribution in [3.63, 3.8) is 0 Å². The fraction of sp³-hybridized carbons (Fsp3) is 0.684. The van der Waals surface area contributed by atoms with Gasteiger partial charge in [0.25, 0.3) is 5.69 Å². The molecule has 2 aliphatic rings. The molecule has 2 unspecified atom stereocenters. The highest BCUT2D eigenvalue weighted by atomic mass is 16.6. The Hall–Kier alpha value is -1.46. The summed E-state index contributed by atoms with van der Waals surface area (Å²) in [6, 6.07) is 7.82. The second-order valence-corrected chi connectivity index (χ2v) is 7.51. The number of nitrogens with zero attached hydrogens (tertiary/aromatic N) is 3. The third kappa shape index (κ3) is 4.54. The summed E-state index contributed by atoms with van der Waals surface area (Å²) in [4.78, 5) is 15.8. The molecule has 0 amide bonds. The van der Waals surface area contributed by atoms with Crippen molar-refractivity contribution in [3.05, 3.63) is 39.9 Å². The van der Waals surface area contributed by atoms with Gasteiger partial charge in [-0.1, -0.05) is 18.6 Å². The van der Waals surface area contributed by atoms with Crippen LogP contribution in [0.25, 0.3) is 0 Å². The molecule has 0 aliphatic carbocycles. The van der Waals surface area contributed by atoms with Crippen molar-refractivity contribution in [2.24, 2.45) is 5.92 Å². The van der Waals surface area contributed by atoms with E-state index in [1.165, 1.54) is 45.2 Å². The van der Waals surface area contributed by atoms with E-state index in [1.807, 2.05) is 6.07 Å². The highest BCUT2D eigenvalue weighted by Gasteiger charge is 2.25. The van der Waals surface area contributed by atoms with Crippen LogP contribution in [-0.2, 0) is 6.54 Å². The minimum absolute atomic E-state index is 0.197. The number of likely N-dealkylation sites (tertiary alicyclic amines) is 2. The number of rotatable bonds is 5. The Morgan fingerprint density at radius 1 is 1.21 bits per heavy atom. The maximum atomic E-state index is 10.9. The summed E-state index contributed by atoms with van der Waals surface area (Å²) in [7, 11) is 0. The molecule has 0 bridgehead atoms. The second kappa shape index (κ2) is 8.08. The summed E-state index contributed by atoms with van der Waals surface area (Å²) in [6.07, 6.45) is 6.61. The SMILES string of the molecule is CC1CCCCN1CC1CCCN(Cc2cccc([N+](=O)[O-])c2)C1. The van der Waals surface area contributed by atoms with Gasteiger partial charge in [0, 0.05) is 37.8 Å². The van der Waals surface area contributed by atoms with Crippen molar-refractivity contribution in [3.8, 4) is 0 Å². The zero-order chi connectivity index (χ0) is 16.9. The van der Waals surface area contributed by atoms with E-state index in [0.29, 0.717) is 0 Å². The Morgan fingerprint density at radius 3 is 2.88 bits per heavy atom. The summed E-state index contributed by atoms with van der Waals surface area (Å²) < 4.78 is 0. The number of hydrogen-bond acceptors (Lipinski definition) is 4. The lowest BCUT2D eigenvalue weighted by Crippen LogP contribution is -2.45. The van der Waals surface area contributed by atoms with Crippen LogP contribution in [0.4, 0.5) is 5.69 Å². The maximum Gasteiger partial charge on any atom is 0.269 e. The fourth-order valence-electron chi connectivity index (χ4n) is 4.23.